The molecule has 0 spiro atoms. The van der Waals surface area contributed by atoms with Crippen molar-refractivity contribution in [3.8, 4) is 0 Å². The smallest absolute Gasteiger partial charge is 0.0762 e. The Kier molecular flexibility index (Phi) is 3.99. The van der Waals surface area contributed by atoms with Crippen molar-refractivity contribution >= 4 is 0 Å². The van der Waals surface area contributed by atoms with Gasteiger partial charge < -0.3 is 5.32 Å². The Bertz CT molecular complexity index is 311. The highest BCUT2D eigenvalue weighted by molar-refractivity contribution is 4.98. The first-order valence-electron chi connectivity index (χ1n) is 6.50. The molecular weight excluding hydrogens is 198 g/mol. The lowest BCUT2D eigenvalue weighted by molar-refractivity contribution is 0.425. The monoisotopic (exact) mass is 221 g/mol. The fourth-order valence-electron chi connectivity index (χ4n) is 2.37. The van der Waals surface area contributed by atoms with E-state index in [2.05, 4.69) is 41.2 Å². The van der Waals surface area contributed by atoms with Crippen molar-refractivity contribution in [1.29, 1.82) is 0 Å². The summed E-state index contributed by atoms with van der Waals surface area (Å²) in [6, 6.07) is 2.66. The zero-order chi connectivity index (χ0) is 11.4. The topological polar surface area (TPSA) is 29.9 Å². The van der Waals surface area contributed by atoms with Crippen LogP contribution in [0.25, 0.3) is 0 Å². The second kappa shape index (κ2) is 5.48. The Balaban J connectivity index is 1.81. The molecule has 0 unspecified atom stereocenters. The van der Waals surface area contributed by atoms with E-state index < -0.39 is 0 Å². The summed E-state index contributed by atoms with van der Waals surface area (Å²) in [5, 5.41) is 7.99. The average molecular weight is 221 g/mol. The van der Waals surface area contributed by atoms with Crippen LogP contribution in [0, 0.1) is 5.92 Å². The van der Waals surface area contributed by atoms with Gasteiger partial charge in [0.25, 0.3) is 0 Å². The highest BCUT2D eigenvalue weighted by Gasteiger charge is 2.15. The van der Waals surface area contributed by atoms with E-state index in [0.29, 0.717) is 6.04 Å². The summed E-state index contributed by atoms with van der Waals surface area (Å²) in [4.78, 5) is 0. The molecule has 0 aromatic carbocycles. The van der Waals surface area contributed by atoms with E-state index in [1.165, 1.54) is 25.7 Å². The molecule has 16 heavy (non-hydrogen) atoms. The van der Waals surface area contributed by atoms with Crippen LogP contribution in [-0.4, -0.2) is 15.8 Å². The molecule has 0 saturated heterocycles. The van der Waals surface area contributed by atoms with Gasteiger partial charge in [-0.1, -0.05) is 26.7 Å². The molecular formula is C13H23N3. The Hall–Kier alpha value is -0.830. The van der Waals surface area contributed by atoms with Crippen LogP contribution in [0.15, 0.2) is 12.3 Å². The van der Waals surface area contributed by atoms with Crippen molar-refractivity contribution in [1.82, 2.24) is 15.1 Å². The lowest BCUT2D eigenvalue weighted by Gasteiger charge is -2.08. The van der Waals surface area contributed by atoms with E-state index in [1.807, 2.05) is 0 Å². The highest BCUT2D eigenvalue weighted by atomic mass is 15.3. The molecule has 0 atom stereocenters. The normalized spacial score (nSPS) is 17.4. The van der Waals surface area contributed by atoms with Crippen LogP contribution >= 0.6 is 0 Å². The van der Waals surface area contributed by atoms with Crippen LogP contribution in [0.3, 0.4) is 0 Å². The third-order valence-corrected chi connectivity index (χ3v) is 3.31. The maximum atomic E-state index is 4.60. The average Bonchev–Trinajstić information content (AvgIpc) is 2.87. The Labute approximate surface area is 98.2 Å². The summed E-state index contributed by atoms with van der Waals surface area (Å²) in [6.07, 6.45) is 7.72. The maximum absolute atomic E-state index is 4.60. The molecule has 1 aliphatic rings. The summed E-state index contributed by atoms with van der Waals surface area (Å²) in [6.45, 7) is 6.32. The number of nitrogens with one attached hydrogen (secondary N) is 1. The van der Waals surface area contributed by atoms with E-state index >= 15 is 0 Å². The van der Waals surface area contributed by atoms with Crippen LogP contribution < -0.4 is 5.32 Å². The molecule has 3 nitrogen and oxygen atoms in total. The largest absolute Gasteiger partial charge is 0.309 e. The molecule has 1 aromatic rings. The first-order valence-corrected chi connectivity index (χ1v) is 6.50. The lowest BCUT2D eigenvalue weighted by Crippen LogP contribution is -2.22. The molecule has 0 bridgehead atoms. The molecule has 0 radical (unpaired) electrons. The van der Waals surface area contributed by atoms with Crippen LogP contribution in [0.2, 0.25) is 0 Å². The van der Waals surface area contributed by atoms with Crippen molar-refractivity contribution in [3.63, 3.8) is 0 Å². The van der Waals surface area contributed by atoms with E-state index in [4.69, 9.17) is 0 Å². The van der Waals surface area contributed by atoms with Crippen molar-refractivity contribution in [2.24, 2.45) is 5.92 Å². The number of nitrogens with zero attached hydrogens (tertiary/aromatic N) is 2. The minimum atomic E-state index is 0.528. The predicted octanol–water partition coefficient (Wildman–Crippen LogP) is 2.57. The van der Waals surface area contributed by atoms with E-state index in [1.54, 1.807) is 0 Å². The molecule has 1 aliphatic carbocycles. The fraction of sp³-hybridized carbons (Fsp3) is 0.769. The van der Waals surface area contributed by atoms with E-state index in [-0.39, 0.29) is 0 Å². The second-order valence-electron chi connectivity index (χ2n) is 5.22. The van der Waals surface area contributed by atoms with Crippen molar-refractivity contribution < 1.29 is 0 Å². The van der Waals surface area contributed by atoms with Gasteiger partial charge >= 0.3 is 0 Å². The van der Waals surface area contributed by atoms with Gasteiger partial charge in [0.1, 0.15) is 0 Å². The third-order valence-electron chi connectivity index (χ3n) is 3.31. The molecule has 1 heterocycles. The first-order chi connectivity index (χ1) is 7.74. The summed E-state index contributed by atoms with van der Waals surface area (Å²) < 4.78 is 2.12. The molecule has 1 fully saturated rings. The quantitative estimate of drug-likeness (QED) is 0.828. The van der Waals surface area contributed by atoms with Crippen LogP contribution in [-0.2, 0) is 13.1 Å². The van der Waals surface area contributed by atoms with Crippen LogP contribution in [0.1, 0.15) is 45.2 Å². The van der Waals surface area contributed by atoms with Gasteiger partial charge in [-0.3, -0.25) is 4.68 Å². The van der Waals surface area contributed by atoms with Crippen molar-refractivity contribution in [2.75, 3.05) is 0 Å². The SMILES string of the molecule is CC(C)NCc1ccn(CC2CCCC2)n1. The molecule has 0 aliphatic heterocycles. The Morgan fingerprint density at radius 1 is 1.44 bits per heavy atom. The van der Waals surface area contributed by atoms with Gasteiger partial charge in [0, 0.05) is 25.3 Å². The maximum Gasteiger partial charge on any atom is 0.0762 e. The standard InChI is InChI=1S/C13H23N3/c1-11(2)14-9-13-7-8-16(15-13)10-12-5-3-4-6-12/h7-8,11-12,14H,3-6,9-10H2,1-2H3. The zero-order valence-corrected chi connectivity index (χ0v) is 10.4. The zero-order valence-electron chi connectivity index (χ0n) is 10.4. The molecule has 3 heteroatoms. The molecule has 90 valence electrons. The number of hydrogen-bond acceptors (Lipinski definition) is 2. The second-order valence-corrected chi connectivity index (χ2v) is 5.22. The van der Waals surface area contributed by atoms with Crippen LogP contribution in [0.4, 0.5) is 0 Å². The summed E-state index contributed by atoms with van der Waals surface area (Å²) in [5.41, 5.74) is 1.16. The Morgan fingerprint density at radius 3 is 2.88 bits per heavy atom. The van der Waals surface area contributed by atoms with Gasteiger partial charge in [-0.05, 0) is 24.8 Å². The van der Waals surface area contributed by atoms with Gasteiger partial charge in [0.2, 0.25) is 0 Å². The van der Waals surface area contributed by atoms with Gasteiger partial charge in [-0.2, -0.15) is 5.10 Å². The molecule has 0 amide bonds. The predicted molar refractivity (Wildman–Crippen MR) is 66.2 cm³/mol. The van der Waals surface area contributed by atoms with Gasteiger partial charge in [-0.25, -0.2) is 0 Å². The van der Waals surface area contributed by atoms with Crippen LogP contribution in [0.5, 0.6) is 0 Å². The molecule has 1 saturated carbocycles. The number of rotatable bonds is 5. The van der Waals surface area contributed by atoms with E-state index in [0.717, 1.165) is 24.7 Å². The highest BCUT2D eigenvalue weighted by Crippen LogP contribution is 2.25. The lowest BCUT2D eigenvalue weighted by atomic mass is 10.1. The minimum Gasteiger partial charge on any atom is -0.309 e. The first kappa shape index (κ1) is 11.6. The molecule has 2 rings (SSSR count). The van der Waals surface area contributed by atoms with Gasteiger partial charge in [-0.15, -0.1) is 0 Å². The third kappa shape index (κ3) is 3.34. The molecule has 1 N–H and O–H groups in total. The van der Waals surface area contributed by atoms with Gasteiger partial charge in [0.15, 0.2) is 0 Å². The number of aromatic nitrogens is 2. The Morgan fingerprint density at radius 2 is 2.19 bits per heavy atom. The molecule has 1 aromatic heterocycles. The minimum absolute atomic E-state index is 0.528. The van der Waals surface area contributed by atoms with Crippen molar-refractivity contribution in [2.45, 2.75) is 58.7 Å². The number of hydrogen-bond donors (Lipinski definition) is 1. The summed E-state index contributed by atoms with van der Waals surface area (Å²) in [7, 11) is 0. The summed E-state index contributed by atoms with van der Waals surface area (Å²) >= 11 is 0. The fourth-order valence-corrected chi connectivity index (χ4v) is 2.37. The van der Waals surface area contributed by atoms with E-state index in [9.17, 15) is 0 Å². The summed E-state index contributed by atoms with van der Waals surface area (Å²) in [5.74, 6) is 0.866. The van der Waals surface area contributed by atoms with Gasteiger partial charge in [0.05, 0.1) is 5.69 Å². The van der Waals surface area contributed by atoms with Crippen molar-refractivity contribution in [3.05, 3.63) is 18.0 Å².